The normalized spacial score (nSPS) is 15.6. The lowest BCUT2D eigenvalue weighted by molar-refractivity contribution is 0.184. The highest BCUT2D eigenvalue weighted by atomic mass is 15.4. The van der Waals surface area contributed by atoms with E-state index in [0.29, 0.717) is 0 Å². The van der Waals surface area contributed by atoms with E-state index in [1.807, 2.05) is 6.20 Å². The van der Waals surface area contributed by atoms with Gasteiger partial charge in [-0.1, -0.05) is 5.21 Å². The van der Waals surface area contributed by atoms with E-state index in [0.717, 1.165) is 18.7 Å². The molecule has 1 aromatic carbocycles. The third kappa shape index (κ3) is 2.00. The van der Waals surface area contributed by atoms with Gasteiger partial charge in [0.1, 0.15) is 0 Å². The van der Waals surface area contributed by atoms with Gasteiger partial charge in [0.15, 0.2) is 0 Å². The maximum Gasteiger partial charge on any atom is 0.0697 e. The molecule has 1 aliphatic heterocycles. The van der Waals surface area contributed by atoms with Crippen molar-refractivity contribution in [1.29, 1.82) is 0 Å². The van der Waals surface area contributed by atoms with Crippen LogP contribution in [0.4, 0.5) is 0 Å². The molecule has 0 saturated carbocycles. The molecule has 102 valence electrons. The molecule has 1 fully saturated rings. The lowest BCUT2D eigenvalue weighted by Gasteiger charge is -2.30. The summed E-state index contributed by atoms with van der Waals surface area (Å²) in [5.41, 5.74) is 3.63. The molecule has 1 aliphatic rings. The molecule has 0 amide bonds. The molecule has 0 atom stereocenters. The highest BCUT2D eigenvalue weighted by Gasteiger charge is 2.14. The third-order valence-electron chi connectivity index (χ3n) is 4.08. The van der Waals surface area contributed by atoms with Crippen molar-refractivity contribution >= 4 is 10.9 Å². The topological polar surface area (TPSA) is 49.7 Å². The number of hydrogen-bond donors (Lipinski definition) is 1. The Bertz CT molecular complexity index is 709. The van der Waals surface area contributed by atoms with Crippen LogP contribution < -0.4 is 0 Å². The molecule has 3 heterocycles. The maximum atomic E-state index is 4.05. The summed E-state index contributed by atoms with van der Waals surface area (Å²) >= 11 is 0. The fraction of sp³-hybridized carbons (Fsp3) is 0.333. The number of likely N-dealkylation sites (tertiary alicyclic amines) is 1. The minimum atomic E-state index is 1.06. The first-order valence-electron chi connectivity index (χ1n) is 7.09. The summed E-state index contributed by atoms with van der Waals surface area (Å²) < 4.78 is 1.80. The van der Waals surface area contributed by atoms with Crippen LogP contribution in [-0.2, 0) is 6.42 Å². The summed E-state index contributed by atoms with van der Waals surface area (Å²) in [7, 11) is 0. The predicted molar refractivity (Wildman–Crippen MR) is 78.0 cm³/mol. The molecule has 20 heavy (non-hydrogen) atoms. The number of aromatic amines is 1. The zero-order valence-corrected chi connectivity index (χ0v) is 11.3. The number of rotatable bonds is 4. The van der Waals surface area contributed by atoms with Gasteiger partial charge in [0, 0.05) is 23.6 Å². The highest BCUT2D eigenvalue weighted by Crippen LogP contribution is 2.22. The van der Waals surface area contributed by atoms with E-state index in [1.54, 1.807) is 10.9 Å². The van der Waals surface area contributed by atoms with Crippen LogP contribution in [0.5, 0.6) is 0 Å². The van der Waals surface area contributed by atoms with Gasteiger partial charge in [-0.2, -0.15) is 0 Å². The van der Waals surface area contributed by atoms with E-state index in [4.69, 9.17) is 0 Å². The molecule has 4 rings (SSSR count). The first-order chi connectivity index (χ1) is 9.90. The van der Waals surface area contributed by atoms with E-state index < -0.39 is 0 Å². The van der Waals surface area contributed by atoms with Crippen molar-refractivity contribution in [1.82, 2.24) is 24.9 Å². The summed E-state index contributed by atoms with van der Waals surface area (Å²) in [4.78, 5) is 5.86. The Hall–Kier alpha value is -2.14. The lowest BCUT2D eigenvalue weighted by atomic mass is 10.1. The fourth-order valence-electron chi connectivity index (χ4n) is 2.75. The van der Waals surface area contributed by atoms with E-state index in [9.17, 15) is 0 Å². The van der Waals surface area contributed by atoms with Gasteiger partial charge in [0.2, 0.25) is 0 Å². The van der Waals surface area contributed by atoms with Gasteiger partial charge >= 0.3 is 0 Å². The predicted octanol–water partition coefficient (Wildman–Crippen LogP) is 2.00. The second kappa shape index (κ2) is 4.76. The summed E-state index contributed by atoms with van der Waals surface area (Å²) in [5.74, 6) is 0. The van der Waals surface area contributed by atoms with E-state index in [-0.39, 0.29) is 0 Å². The van der Waals surface area contributed by atoms with Crippen LogP contribution in [-0.4, -0.2) is 44.5 Å². The number of hydrogen-bond acceptors (Lipinski definition) is 3. The van der Waals surface area contributed by atoms with Crippen molar-refractivity contribution in [2.24, 2.45) is 0 Å². The van der Waals surface area contributed by atoms with Gasteiger partial charge in [-0.3, -0.25) is 0 Å². The van der Waals surface area contributed by atoms with Crippen LogP contribution in [0.3, 0.4) is 0 Å². The maximum absolute atomic E-state index is 4.05. The summed E-state index contributed by atoms with van der Waals surface area (Å²) in [5, 5.41) is 9.21. The Balaban J connectivity index is 1.65. The van der Waals surface area contributed by atoms with Gasteiger partial charge in [-0.25, -0.2) is 4.68 Å². The minimum absolute atomic E-state index is 1.06. The molecule has 0 unspecified atom stereocenters. The molecule has 2 aromatic heterocycles. The van der Waals surface area contributed by atoms with Crippen LogP contribution in [0.15, 0.2) is 36.8 Å². The molecule has 0 aliphatic carbocycles. The molecule has 1 saturated heterocycles. The highest BCUT2D eigenvalue weighted by molar-refractivity contribution is 5.85. The van der Waals surface area contributed by atoms with Gasteiger partial charge in [-0.15, -0.1) is 5.10 Å². The lowest BCUT2D eigenvalue weighted by Crippen LogP contribution is -2.38. The molecular formula is C15H17N5. The van der Waals surface area contributed by atoms with Gasteiger partial charge < -0.3 is 9.88 Å². The summed E-state index contributed by atoms with van der Waals surface area (Å²) in [6.07, 6.45) is 8.15. The third-order valence-corrected chi connectivity index (χ3v) is 4.08. The van der Waals surface area contributed by atoms with Crippen LogP contribution in [0.1, 0.15) is 12.0 Å². The second-order valence-electron chi connectivity index (χ2n) is 5.34. The van der Waals surface area contributed by atoms with E-state index in [2.05, 4.69) is 44.6 Å². The first-order valence-corrected chi connectivity index (χ1v) is 7.09. The zero-order chi connectivity index (χ0) is 13.4. The molecule has 0 radical (unpaired) electrons. The smallest absolute Gasteiger partial charge is 0.0697 e. The first kappa shape index (κ1) is 11.7. The van der Waals surface area contributed by atoms with Crippen molar-refractivity contribution in [3.8, 4) is 5.69 Å². The van der Waals surface area contributed by atoms with Crippen molar-refractivity contribution in [3.63, 3.8) is 0 Å². The van der Waals surface area contributed by atoms with Crippen molar-refractivity contribution in [2.75, 3.05) is 19.6 Å². The zero-order valence-electron chi connectivity index (χ0n) is 11.3. The molecule has 5 heteroatoms. The Morgan fingerprint density at radius 2 is 2.20 bits per heavy atom. The Labute approximate surface area is 117 Å². The Kier molecular flexibility index (Phi) is 2.77. The van der Waals surface area contributed by atoms with Crippen molar-refractivity contribution in [2.45, 2.75) is 12.8 Å². The number of aromatic nitrogens is 4. The molecule has 0 spiro atoms. The Morgan fingerprint density at radius 1 is 1.25 bits per heavy atom. The van der Waals surface area contributed by atoms with Crippen LogP contribution in [0, 0.1) is 0 Å². The van der Waals surface area contributed by atoms with Crippen molar-refractivity contribution < 1.29 is 0 Å². The average Bonchev–Trinajstić information content (AvgIpc) is 3.05. The standard InChI is InChI=1S/C15H17N5/c1-6-19(7-1)8-4-12-11-16-15-3-2-13(10-14(12)15)20-9-5-17-18-20/h2-3,5,9-11,16H,1,4,6-8H2. The number of nitrogens with zero attached hydrogens (tertiary/aromatic N) is 4. The molecule has 5 nitrogen and oxygen atoms in total. The largest absolute Gasteiger partial charge is 0.361 e. The molecule has 1 N–H and O–H groups in total. The van der Waals surface area contributed by atoms with Gasteiger partial charge in [-0.05, 0) is 49.7 Å². The van der Waals surface area contributed by atoms with Crippen LogP contribution >= 0.6 is 0 Å². The van der Waals surface area contributed by atoms with E-state index >= 15 is 0 Å². The van der Waals surface area contributed by atoms with E-state index in [1.165, 1.54) is 36.0 Å². The summed E-state index contributed by atoms with van der Waals surface area (Å²) in [6.45, 7) is 3.67. The quantitative estimate of drug-likeness (QED) is 0.786. The number of benzene rings is 1. The molecule has 3 aromatic rings. The van der Waals surface area contributed by atoms with Crippen LogP contribution in [0.2, 0.25) is 0 Å². The fourth-order valence-corrected chi connectivity index (χ4v) is 2.75. The monoisotopic (exact) mass is 267 g/mol. The number of H-pyrrole nitrogens is 1. The van der Waals surface area contributed by atoms with Crippen molar-refractivity contribution in [3.05, 3.63) is 42.4 Å². The molecular weight excluding hydrogens is 250 g/mol. The number of fused-ring (bicyclic) bond motifs is 1. The SMILES string of the molecule is c1cn(-c2ccc3[nH]cc(CCN4CCC4)c3c2)nn1. The summed E-state index contributed by atoms with van der Waals surface area (Å²) in [6, 6.07) is 6.36. The van der Waals surface area contributed by atoms with Gasteiger partial charge in [0.25, 0.3) is 0 Å². The second-order valence-corrected chi connectivity index (χ2v) is 5.34. The number of nitrogens with one attached hydrogen (secondary N) is 1. The minimum Gasteiger partial charge on any atom is -0.361 e. The Morgan fingerprint density at radius 3 is 2.95 bits per heavy atom. The van der Waals surface area contributed by atoms with Gasteiger partial charge in [0.05, 0.1) is 18.1 Å². The molecule has 0 bridgehead atoms. The average molecular weight is 267 g/mol. The van der Waals surface area contributed by atoms with Crippen LogP contribution in [0.25, 0.3) is 16.6 Å².